The molecular formula is C23H27N3O6. The van der Waals surface area contributed by atoms with Crippen molar-refractivity contribution in [1.82, 2.24) is 15.5 Å². The maximum Gasteiger partial charge on any atom is 0.262 e. The molecule has 1 spiro atoms. The van der Waals surface area contributed by atoms with Crippen LogP contribution in [0.15, 0.2) is 18.2 Å². The molecule has 32 heavy (non-hydrogen) atoms. The lowest BCUT2D eigenvalue weighted by Crippen LogP contribution is -2.62. The lowest BCUT2D eigenvalue weighted by molar-refractivity contribution is -0.136. The van der Waals surface area contributed by atoms with Crippen LogP contribution >= 0.6 is 0 Å². The molecule has 2 saturated heterocycles. The summed E-state index contributed by atoms with van der Waals surface area (Å²) in [4.78, 5) is 50.0. The molecule has 3 fully saturated rings. The van der Waals surface area contributed by atoms with Gasteiger partial charge >= 0.3 is 0 Å². The van der Waals surface area contributed by atoms with Crippen molar-refractivity contribution in [2.45, 2.75) is 50.7 Å². The van der Waals surface area contributed by atoms with Crippen LogP contribution in [0.2, 0.25) is 0 Å². The highest BCUT2D eigenvalue weighted by Gasteiger charge is 2.49. The second-order valence-electron chi connectivity index (χ2n) is 9.21. The Morgan fingerprint density at radius 2 is 1.75 bits per heavy atom. The van der Waals surface area contributed by atoms with Crippen molar-refractivity contribution in [3.8, 4) is 5.75 Å². The van der Waals surface area contributed by atoms with Crippen LogP contribution in [0.25, 0.3) is 0 Å². The fourth-order valence-electron chi connectivity index (χ4n) is 4.98. The number of imide groups is 2. The third-order valence-corrected chi connectivity index (χ3v) is 6.89. The second-order valence-corrected chi connectivity index (χ2v) is 9.21. The molecule has 0 aromatic heterocycles. The predicted molar refractivity (Wildman–Crippen MR) is 112 cm³/mol. The quantitative estimate of drug-likeness (QED) is 0.457. The SMILES string of the molecule is O=C1CCC(N2C(=O)c3ccc(OCCCCOC4CC5(CNC5)C4)cc3C2=O)C(=O)N1. The Balaban J connectivity index is 1.09. The van der Waals surface area contributed by atoms with Gasteiger partial charge in [0.15, 0.2) is 0 Å². The number of amides is 4. The first-order valence-electron chi connectivity index (χ1n) is 11.3. The van der Waals surface area contributed by atoms with Crippen LogP contribution in [0.5, 0.6) is 5.75 Å². The van der Waals surface area contributed by atoms with E-state index in [0.29, 0.717) is 23.9 Å². The van der Waals surface area contributed by atoms with E-state index in [1.807, 2.05) is 0 Å². The first-order valence-corrected chi connectivity index (χ1v) is 11.3. The molecule has 1 aromatic carbocycles. The van der Waals surface area contributed by atoms with Crippen molar-refractivity contribution in [3.05, 3.63) is 29.3 Å². The average Bonchev–Trinajstić information content (AvgIpc) is 2.95. The van der Waals surface area contributed by atoms with Crippen molar-refractivity contribution >= 4 is 23.6 Å². The summed E-state index contributed by atoms with van der Waals surface area (Å²) in [6, 6.07) is 3.81. The third-order valence-electron chi connectivity index (χ3n) is 6.89. The van der Waals surface area contributed by atoms with Crippen molar-refractivity contribution in [2.75, 3.05) is 26.3 Å². The van der Waals surface area contributed by atoms with Gasteiger partial charge in [-0.15, -0.1) is 0 Å². The van der Waals surface area contributed by atoms with E-state index in [2.05, 4.69) is 10.6 Å². The van der Waals surface area contributed by atoms with Crippen LogP contribution in [0.4, 0.5) is 0 Å². The van der Waals surface area contributed by atoms with Gasteiger partial charge in [0.05, 0.1) is 23.8 Å². The van der Waals surface area contributed by atoms with Crippen LogP contribution in [-0.2, 0) is 14.3 Å². The highest BCUT2D eigenvalue weighted by Crippen LogP contribution is 2.45. The number of rotatable bonds is 8. The minimum absolute atomic E-state index is 0.0979. The van der Waals surface area contributed by atoms with E-state index in [0.717, 1.165) is 50.3 Å². The first-order chi connectivity index (χ1) is 15.5. The molecule has 1 saturated carbocycles. The van der Waals surface area contributed by atoms with Gasteiger partial charge < -0.3 is 14.8 Å². The molecule has 4 aliphatic rings. The monoisotopic (exact) mass is 441 g/mol. The summed E-state index contributed by atoms with van der Waals surface area (Å²) < 4.78 is 11.7. The molecule has 2 N–H and O–H groups in total. The van der Waals surface area contributed by atoms with Gasteiger partial charge in [-0.2, -0.15) is 0 Å². The molecule has 1 aliphatic carbocycles. The summed E-state index contributed by atoms with van der Waals surface area (Å²) in [7, 11) is 0. The maximum absolute atomic E-state index is 12.8. The van der Waals surface area contributed by atoms with Crippen LogP contribution in [-0.4, -0.2) is 67.0 Å². The van der Waals surface area contributed by atoms with Gasteiger partial charge in [0, 0.05) is 31.5 Å². The Morgan fingerprint density at radius 1 is 1.00 bits per heavy atom. The fourth-order valence-corrected chi connectivity index (χ4v) is 4.98. The molecule has 9 heteroatoms. The Labute approximate surface area is 185 Å². The van der Waals surface area contributed by atoms with Gasteiger partial charge in [0.2, 0.25) is 11.8 Å². The molecule has 0 bridgehead atoms. The first kappa shape index (κ1) is 21.1. The average molecular weight is 441 g/mol. The van der Waals surface area contributed by atoms with Crippen molar-refractivity contribution in [3.63, 3.8) is 0 Å². The molecule has 9 nitrogen and oxygen atoms in total. The lowest BCUT2D eigenvalue weighted by Gasteiger charge is -2.54. The number of carbonyl (C=O) groups is 4. The Bertz CT molecular complexity index is 964. The molecule has 3 heterocycles. The smallest absolute Gasteiger partial charge is 0.262 e. The number of hydrogen-bond acceptors (Lipinski definition) is 7. The number of fused-ring (bicyclic) bond motifs is 1. The van der Waals surface area contributed by atoms with E-state index in [-0.39, 0.29) is 24.0 Å². The molecule has 170 valence electrons. The van der Waals surface area contributed by atoms with E-state index >= 15 is 0 Å². The zero-order valence-electron chi connectivity index (χ0n) is 17.9. The number of nitrogens with one attached hydrogen (secondary N) is 2. The zero-order valence-corrected chi connectivity index (χ0v) is 17.9. The Kier molecular flexibility index (Phi) is 5.46. The van der Waals surface area contributed by atoms with Gasteiger partial charge in [0.25, 0.3) is 11.8 Å². The number of carbonyl (C=O) groups excluding carboxylic acids is 4. The Morgan fingerprint density at radius 3 is 2.47 bits per heavy atom. The van der Waals surface area contributed by atoms with Crippen LogP contribution < -0.4 is 15.4 Å². The van der Waals surface area contributed by atoms with Crippen LogP contribution in [0.1, 0.15) is 59.2 Å². The maximum atomic E-state index is 12.8. The molecule has 3 aliphatic heterocycles. The number of unbranched alkanes of at least 4 members (excludes halogenated alkanes) is 1. The molecule has 1 unspecified atom stereocenters. The van der Waals surface area contributed by atoms with Crippen LogP contribution in [0, 0.1) is 5.41 Å². The van der Waals surface area contributed by atoms with Gasteiger partial charge in [0.1, 0.15) is 11.8 Å². The highest BCUT2D eigenvalue weighted by molar-refractivity contribution is 6.23. The number of hydrogen-bond donors (Lipinski definition) is 2. The van der Waals surface area contributed by atoms with Gasteiger partial charge in [-0.25, -0.2) is 0 Å². The number of ether oxygens (including phenoxy) is 2. The van der Waals surface area contributed by atoms with E-state index < -0.39 is 29.7 Å². The van der Waals surface area contributed by atoms with Gasteiger partial charge in [-0.05, 0) is 50.3 Å². The number of benzene rings is 1. The lowest BCUT2D eigenvalue weighted by atomic mass is 9.63. The van der Waals surface area contributed by atoms with Crippen LogP contribution in [0.3, 0.4) is 0 Å². The molecule has 1 aromatic rings. The summed E-state index contributed by atoms with van der Waals surface area (Å²) in [5.74, 6) is -1.54. The summed E-state index contributed by atoms with van der Waals surface area (Å²) >= 11 is 0. The number of nitrogens with zero attached hydrogens (tertiary/aromatic N) is 1. The molecule has 5 rings (SSSR count). The normalized spacial score (nSPS) is 24.2. The van der Waals surface area contributed by atoms with E-state index in [4.69, 9.17) is 9.47 Å². The van der Waals surface area contributed by atoms with Gasteiger partial charge in [-0.3, -0.25) is 29.4 Å². The summed E-state index contributed by atoms with van der Waals surface area (Å²) in [6.07, 6.45) is 4.67. The summed E-state index contributed by atoms with van der Waals surface area (Å²) in [6.45, 7) is 3.46. The van der Waals surface area contributed by atoms with Crippen molar-refractivity contribution < 1.29 is 28.7 Å². The predicted octanol–water partition coefficient (Wildman–Crippen LogP) is 1.02. The third kappa shape index (κ3) is 3.80. The minimum atomic E-state index is -0.962. The topological polar surface area (TPSA) is 114 Å². The van der Waals surface area contributed by atoms with Gasteiger partial charge in [-0.1, -0.05) is 0 Å². The van der Waals surface area contributed by atoms with E-state index in [9.17, 15) is 19.2 Å². The second kappa shape index (κ2) is 8.29. The van der Waals surface area contributed by atoms with Crippen molar-refractivity contribution in [2.24, 2.45) is 5.41 Å². The zero-order chi connectivity index (χ0) is 22.3. The van der Waals surface area contributed by atoms with E-state index in [1.165, 1.54) is 0 Å². The molecule has 0 radical (unpaired) electrons. The standard InChI is InChI=1S/C23H27N3O6/c27-19-6-5-18(20(28)25-19)26-21(29)16-4-3-14(9-17(16)22(26)30)31-7-1-2-8-32-15-10-23(11-15)12-24-13-23/h3-4,9,15,18,24H,1-2,5-8,10-13H2,(H,25,27,28). The highest BCUT2D eigenvalue weighted by atomic mass is 16.5. The molecule has 4 amide bonds. The minimum Gasteiger partial charge on any atom is -0.494 e. The summed E-state index contributed by atoms with van der Waals surface area (Å²) in [5, 5.41) is 5.52. The molecular weight excluding hydrogens is 414 g/mol. The fraction of sp³-hybridized carbons (Fsp3) is 0.565. The largest absolute Gasteiger partial charge is 0.494 e. The number of piperidine rings is 1. The Hall–Kier alpha value is -2.78. The van der Waals surface area contributed by atoms with Crippen molar-refractivity contribution in [1.29, 1.82) is 0 Å². The summed E-state index contributed by atoms with van der Waals surface area (Å²) in [5.41, 5.74) is 0.999. The van der Waals surface area contributed by atoms with E-state index in [1.54, 1.807) is 18.2 Å². The molecule has 1 atom stereocenters.